The summed E-state index contributed by atoms with van der Waals surface area (Å²) in [5.74, 6) is 0.934. The largest absolute Gasteiger partial charge is 0.490 e. The minimum absolute atomic E-state index is 0.235. The molecule has 0 atom stereocenters. The summed E-state index contributed by atoms with van der Waals surface area (Å²) in [6, 6.07) is 27.6. The van der Waals surface area contributed by atoms with E-state index in [4.69, 9.17) is 9.47 Å². The number of ether oxygens (including phenoxy) is 2. The average Bonchev–Trinajstić information content (AvgIpc) is 3.16. The summed E-state index contributed by atoms with van der Waals surface area (Å²) in [7, 11) is 0. The summed E-state index contributed by atoms with van der Waals surface area (Å²) < 4.78 is 11.9. The SMILES string of the molecule is CCOc1cc(/C=C2/SC(=O)N(Cc3cccc4ccccc34)C2=O)ccc1OCc1cccc(C)c1. The normalized spacial score (nSPS) is 14.5. The molecule has 0 radical (unpaired) electrons. The number of imide groups is 1. The highest BCUT2D eigenvalue weighted by Crippen LogP contribution is 2.36. The summed E-state index contributed by atoms with van der Waals surface area (Å²) in [5, 5.41) is 1.85. The Bertz CT molecular complexity index is 1510. The van der Waals surface area contributed by atoms with Crippen LogP contribution in [0.4, 0.5) is 4.79 Å². The minimum Gasteiger partial charge on any atom is -0.490 e. The number of fused-ring (bicyclic) bond motifs is 1. The number of benzene rings is 4. The van der Waals surface area contributed by atoms with Gasteiger partial charge < -0.3 is 9.47 Å². The van der Waals surface area contributed by atoms with E-state index in [1.165, 1.54) is 10.5 Å². The summed E-state index contributed by atoms with van der Waals surface area (Å²) in [4.78, 5) is 27.7. The smallest absolute Gasteiger partial charge is 0.293 e. The molecule has 0 saturated carbocycles. The molecule has 4 aromatic rings. The Morgan fingerprint density at radius 3 is 2.51 bits per heavy atom. The highest BCUT2D eigenvalue weighted by molar-refractivity contribution is 8.18. The lowest BCUT2D eigenvalue weighted by Gasteiger charge is -2.14. The van der Waals surface area contributed by atoms with Gasteiger partial charge in [0.15, 0.2) is 11.5 Å². The number of rotatable bonds is 8. The van der Waals surface area contributed by atoms with E-state index >= 15 is 0 Å². The molecule has 1 aliphatic heterocycles. The molecule has 5 rings (SSSR count). The van der Waals surface area contributed by atoms with E-state index in [0.29, 0.717) is 29.6 Å². The zero-order valence-corrected chi connectivity index (χ0v) is 21.6. The molecule has 1 heterocycles. The van der Waals surface area contributed by atoms with Gasteiger partial charge in [0.2, 0.25) is 0 Å². The molecule has 5 nitrogen and oxygen atoms in total. The number of thioether (sulfide) groups is 1. The van der Waals surface area contributed by atoms with Crippen molar-refractivity contribution in [3.05, 3.63) is 112 Å². The van der Waals surface area contributed by atoms with E-state index in [2.05, 4.69) is 6.07 Å². The van der Waals surface area contributed by atoms with Gasteiger partial charge >= 0.3 is 0 Å². The van der Waals surface area contributed by atoms with E-state index in [-0.39, 0.29) is 17.7 Å². The van der Waals surface area contributed by atoms with Crippen molar-refractivity contribution in [3.63, 3.8) is 0 Å². The van der Waals surface area contributed by atoms with Crippen molar-refractivity contribution in [2.45, 2.75) is 27.0 Å². The van der Waals surface area contributed by atoms with Crippen molar-refractivity contribution in [2.24, 2.45) is 0 Å². The van der Waals surface area contributed by atoms with E-state index in [1.54, 1.807) is 6.08 Å². The van der Waals surface area contributed by atoms with E-state index in [9.17, 15) is 9.59 Å². The first-order chi connectivity index (χ1) is 18.0. The van der Waals surface area contributed by atoms with Crippen LogP contribution in [0.25, 0.3) is 16.8 Å². The lowest BCUT2D eigenvalue weighted by atomic mass is 10.0. The van der Waals surface area contributed by atoms with Crippen LogP contribution in [-0.2, 0) is 17.9 Å². The molecule has 2 amide bonds. The van der Waals surface area contributed by atoms with Crippen LogP contribution in [0.5, 0.6) is 11.5 Å². The second-order valence-corrected chi connectivity index (χ2v) is 9.82. The molecule has 0 aliphatic carbocycles. The van der Waals surface area contributed by atoms with Gasteiger partial charge in [0.1, 0.15) is 6.61 Å². The molecule has 37 heavy (non-hydrogen) atoms. The van der Waals surface area contributed by atoms with Crippen LogP contribution in [0.15, 0.2) is 89.8 Å². The monoisotopic (exact) mass is 509 g/mol. The van der Waals surface area contributed by atoms with Crippen molar-refractivity contribution < 1.29 is 19.1 Å². The third-order valence-corrected chi connectivity index (χ3v) is 7.03. The predicted octanol–water partition coefficient (Wildman–Crippen LogP) is 7.36. The molecule has 1 saturated heterocycles. The molecular weight excluding hydrogens is 482 g/mol. The Balaban J connectivity index is 1.35. The van der Waals surface area contributed by atoms with Gasteiger partial charge in [0, 0.05) is 0 Å². The van der Waals surface area contributed by atoms with Crippen LogP contribution in [0.3, 0.4) is 0 Å². The summed E-state index contributed by atoms with van der Waals surface area (Å²) in [6.07, 6.45) is 1.74. The quantitative estimate of drug-likeness (QED) is 0.232. The Morgan fingerprint density at radius 1 is 0.865 bits per heavy atom. The Labute approximate surface area is 220 Å². The first-order valence-electron chi connectivity index (χ1n) is 12.2. The Morgan fingerprint density at radius 2 is 1.68 bits per heavy atom. The summed E-state index contributed by atoms with van der Waals surface area (Å²) >= 11 is 0.960. The summed E-state index contributed by atoms with van der Waals surface area (Å²) in [6.45, 7) is 5.10. The standard InChI is InChI=1S/C31H27NO4S/c1-3-35-28-17-22(14-15-27(28)36-20-23-9-6-8-21(2)16-23)18-29-30(33)32(31(34)37-29)19-25-12-7-11-24-10-4-5-13-26(24)25/h4-18H,3,19-20H2,1-2H3/b29-18+. The van der Waals surface area contributed by atoms with Crippen LogP contribution in [0.1, 0.15) is 29.2 Å². The highest BCUT2D eigenvalue weighted by Gasteiger charge is 2.35. The van der Waals surface area contributed by atoms with Gasteiger partial charge in [-0.25, -0.2) is 0 Å². The van der Waals surface area contributed by atoms with Crippen molar-refractivity contribution in [3.8, 4) is 11.5 Å². The van der Waals surface area contributed by atoms with Gasteiger partial charge in [-0.05, 0) is 71.3 Å². The van der Waals surface area contributed by atoms with Gasteiger partial charge in [-0.15, -0.1) is 0 Å². The van der Waals surface area contributed by atoms with Crippen LogP contribution >= 0.6 is 11.8 Å². The zero-order chi connectivity index (χ0) is 25.8. The van der Waals surface area contributed by atoms with Crippen LogP contribution in [0.2, 0.25) is 0 Å². The Hall–Kier alpha value is -4.03. The predicted molar refractivity (Wildman–Crippen MR) is 149 cm³/mol. The van der Waals surface area contributed by atoms with Crippen molar-refractivity contribution >= 4 is 39.8 Å². The molecule has 0 bridgehead atoms. The maximum absolute atomic E-state index is 13.2. The van der Waals surface area contributed by atoms with Gasteiger partial charge in [0.05, 0.1) is 18.1 Å². The lowest BCUT2D eigenvalue weighted by Crippen LogP contribution is -2.27. The van der Waals surface area contributed by atoms with Crippen molar-refractivity contribution in [1.29, 1.82) is 0 Å². The number of carbonyl (C=O) groups excluding carboxylic acids is 2. The van der Waals surface area contributed by atoms with Gasteiger partial charge in [-0.1, -0.05) is 78.4 Å². The first-order valence-corrected chi connectivity index (χ1v) is 13.0. The van der Waals surface area contributed by atoms with Crippen LogP contribution in [0, 0.1) is 6.92 Å². The maximum atomic E-state index is 13.2. The minimum atomic E-state index is -0.291. The number of nitrogens with zero attached hydrogens (tertiary/aromatic N) is 1. The van der Waals surface area contributed by atoms with Crippen molar-refractivity contribution in [2.75, 3.05) is 6.61 Å². The molecule has 0 spiro atoms. The maximum Gasteiger partial charge on any atom is 0.293 e. The Kier molecular flexibility index (Phi) is 7.28. The number of carbonyl (C=O) groups is 2. The number of amides is 2. The molecule has 1 fully saturated rings. The number of hydrogen-bond donors (Lipinski definition) is 0. The van der Waals surface area contributed by atoms with Gasteiger partial charge in [-0.3, -0.25) is 14.5 Å². The van der Waals surface area contributed by atoms with E-state index < -0.39 is 0 Å². The fourth-order valence-corrected chi connectivity index (χ4v) is 5.19. The van der Waals surface area contributed by atoms with Gasteiger partial charge in [-0.2, -0.15) is 0 Å². The van der Waals surface area contributed by atoms with Crippen LogP contribution < -0.4 is 9.47 Å². The fraction of sp³-hybridized carbons (Fsp3) is 0.161. The third-order valence-electron chi connectivity index (χ3n) is 6.12. The van der Waals surface area contributed by atoms with Crippen molar-refractivity contribution in [1.82, 2.24) is 4.90 Å². The lowest BCUT2D eigenvalue weighted by molar-refractivity contribution is -0.123. The topological polar surface area (TPSA) is 55.8 Å². The number of hydrogen-bond acceptors (Lipinski definition) is 5. The molecule has 0 aromatic heterocycles. The molecule has 0 N–H and O–H groups in total. The average molecular weight is 510 g/mol. The molecular formula is C31H27NO4S. The fourth-order valence-electron chi connectivity index (χ4n) is 4.35. The third kappa shape index (κ3) is 5.54. The molecule has 6 heteroatoms. The van der Waals surface area contributed by atoms with Gasteiger partial charge in [0.25, 0.3) is 11.1 Å². The highest BCUT2D eigenvalue weighted by atomic mass is 32.2. The van der Waals surface area contributed by atoms with E-state index in [0.717, 1.165) is 39.2 Å². The second-order valence-electron chi connectivity index (χ2n) is 8.82. The van der Waals surface area contributed by atoms with E-state index in [1.807, 2.05) is 92.7 Å². The zero-order valence-electron chi connectivity index (χ0n) is 20.8. The summed E-state index contributed by atoms with van der Waals surface area (Å²) in [5.41, 5.74) is 3.96. The second kappa shape index (κ2) is 10.9. The molecule has 0 unspecified atom stereocenters. The molecule has 4 aromatic carbocycles. The number of aryl methyl sites for hydroxylation is 1. The molecule has 1 aliphatic rings. The first kappa shape index (κ1) is 24.7. The van der Waals surface area contributed by atoms with Crippen LogP contribution in [-0.4, -0.2) is 22.7 Å². The molecule has 186 valence electrons.